The Hall–Kier alpha value is -1.56. The van der Waals surface area contributed by atoms with Crippen LogP contribution in [-0.2, 0) is 11.3 Å². The van der Waals surface area contributed by atoms with Crippen LogP contribution >= 0.6 is 11.3 Å². The van der Waals surface area contributed by atoms with Gasteiger partial charge in [-0.25, -0.2) is 4.79 Å². The molecule has 1 fully saturated rings. The zero-order valence-electron chi connectivity index (χ0n) is 12.3. The van der Waals surface area contributed by atoms with Crippen molar-refractivity contribution >= 4 is 23.3 Å². The molecule has 0 atom stereocenters. The van der Waals surface area contributed by atoms with Gasteiger partial charge in [0.25, 0.3) is 0 Å². The molecule has 1 aliphatic rings. The molecule has 6 heteroatoms. The van der Waals surface area contributed by atoms with Gasteiger partial charge < -0.3 is 15.7 Å². The molecule has 0 spiro atoms. The van der Waals surface area contributed by atoms with Crippen molar-refractivity contribution < 1.29 is 14.7 Å². The Morgan fingerprint density at radius 2 is 1.95 bits per heavy atom. The average Bonchev–Trinajstić information content (AvgIpc) is 2.89. The standard InChI is InChI=1S/C15H22N2O3S/c1-11-5-6-12(21-11)9-16-14(20)17-10-15(13(18)19)7-3-2-4-8-15/h5-6H,2-4,7-10H2,1H3,(H,18,19)(H2,16,17,20). The van der Waals surface area contributed by atoms with Crippen molar-refractivity contribution in [3.05, 3.63) is 21.9 Å². The third-order valence-electron chi connectivity index (χ3n) is 4.07. The predicted molar refractivity (Wildman–Crippen MR) is 82.4 cm³/mol. The summed E-state index contributed by atoms with van der Waals surface area (Å²) in [6.07, 6.45) is 4.21. The van der Waals surface area contributed by atoms with Crippen molar-refractivity contribution in [2.45, 2.75) is 45.6 Å². The molecule has 0 saturated heterocycles. The van der Waals surface area contributed by atoms with Gasteiger partial charge in [0.15, 0.2) is 0 Å². The van der Waals surface area contributed by atoms with E-state index in [9.17, 15) is 14.7 Å². The molecule has 116 valence electrons. The molecule has 1 aliphatic carbocycles. The van der Waals surface area contributed by atoms with E-state index in [0.717, 1.165) is 24.1 Å². The van der Waals surface area contributed by atoms with Gasteiger partial charge in [-0.15, -0.1) is 11.3 Å². The maximum Gasteiger partial charge on any atom is 0.315 e. The maximum atomic E-state index is 11.8. The van der Waals surface area contributed by atoms with Gasteiger partial charge >= 0.3 is 12.0 Å². The van der Waals surface area contributed by atoms with Crippen LogP contribution in [0, 0.1) is 12.3 Å². The van der Waals surface area contributed by atoms with E-state index in [1.165, 1.54) is 4.88 Å². The molecule has 0 aromatic carbocycles. The van der Waals surface area contributed by atoms with Crippen molar-refractivity contribution in [2.24, 2.45) is 5.41 Å². The first-order valence-electron chi connectivity index (χ1n) is 7.32. The number of hydrogen-bond acceptors (Lipinski definition) is 3. The molecule has 0 radical (unpaired) electrons. The smallest absolute Gasteiger partial charge is 0.315 e. The second-order valence-corrected chi connectivity index (χ2v) is 7.07. The summed E-state index contributed by atoms with van der Waals surface area (Å²) in [6.45, 7) is 2.70. The molecular formula is C15H22N2O3S. The molecule has 0 aliphatic heterocycles. The van der Waals surface area contributed by atoms with Crippen LogP contribution < -0.4 is 10.6 Å². The molecule has 1 aromatic heterocycles. The van der Waals surface area contributed by atoms with Gasteiger partial charge in [0.1, 0.15) is 0 Å². The SMILES string of the molecule is Cc1ccc(CNC(=O)NCC2(C(=O)O)CCCCC2)s1. The average molecular weight is 310 g/mol. The number of carbonyl (C=O) groups excluding carboxylic acids is 1. The highest BCUT2D eigenvalue weighted by atomic mass is 32.1. The lowest BCUT2D eigenvalue weighted by Crippen LogP contribution is -2.47. The van der Waals surface area contributed by atoms with E-state index in [0.29, 0.717) is 19.4 Å². The first-order valence-corrected chi connectivity index (χ1v) is 8.14. The summed E-state index contributed by atoms with van der Waals surface area (Å²) in [7, 11) is 0. The Labute approximate surface area is 128 Å². The Kier molecular flexibility index (Phi) is 5.22. The van der Waals surface area contributed by atoms with Gasteiger partial charge in [-0.1, -0.05) is 19.3 Å². The van der Waals surface area contributed by atoms with Gasteiger partial charge in [-0.05, 0) is 31.9 Å². The first kappa shape index (κ1) is 15.8. The molecule has 1 heterocycles. The lowest BCUT2D eigenvalue weighted by Gasteiger charge is -2.33. The summed E-state index contributed by atoms with van der Waals surface area (Å²) in [5.41, 5.74) is -0.783. The highest BCUT2D eigenvalue weighted by Crippen LogP contribution is 2.35. The number of rotatable bonds is 5. The Morgan fingerprint density at radius 3 is 2.52 bits per heavy atom. The summed E-state index contributed by atoms with van der Waals surface area (Å²) < 4.78 is 0. The normalized spacial score (nSPS) is 17.2. The molecule has 21 heavy (non-hydrogen) atoms. The van der Waals surface area contributed by atoms with E-state index in [1.807, 2.05) is 19.1 Å². The zero-order valence-corrected chi connectivity index (χ0v) is 13.1. The fraction of sp³-hybridized carbons (Fsp3) is 0.600. The molecule has 3 N–H and O–H groups in total. The highest BCUT2D eigenvalue weighted by molar-refractivity contribution is 7.11. The Morgan fingerprint density at radius 1 is 1.24 bits per heavy atom. The number of thiophene rings is 1. The van der Waals surface area contributed by atoms with Crippen LogP contribution in [0.3, 0.4) is 0 Å². The minimum atomic E-state index is -0.795. The number of urea groups is 1. The summed E-state index contributed by atoms with van der Waals surface area (Å²) in [6, 6.07) is 3.70. The first-order chi connectivity index (χ1) is 10.0. The van der Waals surface area contributed by atoms with Crippen LogP contribution in [0.25, 0.3) is 0 Å². The molecule has 1 saturated carbocycles. The second-order valence-electron chi connectivity index (χ2n) is 5.69. The minimum absolute atomic E-state index is 0.206. The minimum Gasteiger partial charge on any atom is -0.481 e. The second kappa shape index (κ2) is 6.93. The largest absolute Gasteiger partial charge is 0.481 e. The summed E-state index contributed by atoms with van der Waals surface area (Å²) in [4.78, 5) is 25.6. The molecule has 2 rings (SSSR count). The molecule has 0 bridgehead atoms. The van der Waals surface area contributed by atoms with E-state index in [-0.39, 0.29) is 12.6 Å². The molecule has 0 unspecified atom stereocenters. The van der Waals surface area contributed by atoms with Crippen molar-refractivity contribution in [1.82, 2.24) is 10.6 Å². The fourth-order valence-electron chi connectivity index (χ4n) is 2.75. The van der Waals surface area contributed by atoms with Crippen LogP contribution in [0.15, 0.2) is 12.1 Å². The van der Waals surface area contributed by atoms with E-state index >= 15 is 0 Å². The van der Waals surface area contributed by atoms with Gasteiger partial charge in [0.2, 0.25) is 0 Å². The van der Waals surface area contributed by atoms with Gasteiger partial charge in [0.05, 0.1) is 12.0 Å². The number of carbonyl (C=O) groups is 2. The van der Waals surface area contributed by atoms with Crippen molar-refractivity contribution in [3.63, 3.8) is 0 Å². The van der Waals surface area contributed by atoms with Crippen LogP contribution in [0.4, 0.5) is 4.79 Å². The van der Waals surface area contributed by atoms with Crippen molar-refractivity contribution in [3.8, 4) is 0 Å². The lowest BCUT2D eigenvalue weighted by atomic mass is 9.74. The van der Waals surface area contributed by atoms with Gasteiger partial charge in [0, 0.05) is 16.3 Å². The predicted octanol–water partition coefficient (Wildman–Crippen LogP) is 2.89. The third-order valence-corrected chi connectivity index (χ3v) is 5.07. The van der Waals surface area contributed by atoms with E-state index in [1.54, 1.807) is 11.3 Å². The van der Waals surface area contributed by atoms with Crippen LogP contribution in [0.2, 0.25) is 0 Å². The van der Waals surface area contributed by atoms with Crippen molar-refractivity contribution in [1.29, 1.82) is 0 Å². The number of carboxylic acid groups (broad SMARTS) is 1. The number of carboxylic acids is 1. The Balaban J connectivity index is 1.80. The van der Waals surface area contributed by atoms with Gasteiger partial charge in [-0.3, -0.25) is 4.79 Å². The molecular weight excluding hydrogens is 288 g/mol. The lowest BCUT2D eigenvalue weighted by molar-refractivity contribution is -0.150. The van der Waals surface area contributed by atoms with Crippen LogP contribution in [-0.4, -0.2) is 23.7 Å². The number of amides is 2. The van der Waals surface area contributed by atoms with Crippen LogP contribution in [0.1, 0.15) is 41.9 Å². The fourth-order valence-corrected chi connectivity index (χ4v) is 3.58. The topological polar surface area (TPSA) is 78.4 Å². The van der Waals surface area contributed by atoms with Gasteiger partial charge in [-0.2, -0.15) is 0 Å². The molecule has 2 amide bonds. The summed E-state index contributed by atoms with van der Waals surface area (Å²) in [5, 5.41) is 14.9. The quantitative estimate of drug-likeness (QED) is 0.782. The maximum absolute atomic E-state index is 11.8. The molecule has 5 nitrogen and oxygen atoms in total. The number of aryl methyl sites for hydroxylation is 1. The van der Waals surface area contributed by atoms with E-state index in [2.05, 4.69) is 10.6 Å². The van der Waals surface area contributed by atoms with E-state index in [4.69, 9.17) is 0 Å². The Bertz CT molecular complexity index is 507. The van der Waals surface area contributed by atoms with Crippen molar-refractivity contribution in [2.75, 3.05) is 6.54 Å². The van der Waals surface area contributed by atoms with Crippen LogP contribution in [0.5, 0.6) is 0 Å². The third kappa shape index (κ3) is 4.20. The summed E-state index contributed by atoms with van der Waals surface area (Å²) >= 11 is 1.64. The monoisotopic (exact) mass is 310 g/mol. The highest BCUT2D eigenvalue weighted by Gasteiger charge is 2.39. The number of hydrogen-bond donors (Lipinski definition) is 3. The van der Waals surface area contributed by atoms with E-state index < -0.39 is 11.4 Å². The molecule has 1 aromatic rings. The number of aliphatic carboxylic acids is 1. The zero-order chi connectivity index (χ0) is 15.3. The summed E-state index contributed by atoms with van der Waals surface area (Å²) in [5.74, 6) is -0.795. The number of nitrogens with one attached hydrogen (secondary N) is 2.